The predicted molar refractivity (Wildman–Crippen MR) is 148 cm³/mol. The highest BCUT2D eigenvalue weighted by Gasteiger charge is 2.30. The monoisotopic (exact) mass is 507 g/mol. The van der Waals surface area contributed by atoms with Crippen LogP contribution in [0.25, 0.3) is 0 Å². The minimum atomic E-state index is -0.0248. The molecule has 0 saturated carbocycles. The summed E-state index contributed by atoms with van der Waals surface area (Å²) in [4.78, 5) is 29.1. The van der Waals surface area contributed by atoms with E-state index in [0.717, 1.165) is 81.7 Å². The van der Waals surface area contributed by atoms with E-state index in [2.05, 4.69) is 25.4 Å². The summed E-state index contributed by atoms with van der Waals surface area (Å²) in [6, 6.07) is 10.3. The van der Waals surface area contributed by atoms with Crippen LogP contribution in [0.3, 0.4) is 0 Å². The largest absolute Gasteiger partial charge is 0.497 e. The fourth-order valence-electron chi connectivity index (χ4n) is 5.84. The quantitative estimate of drug-likeness (QED) is 0.598. The Bertz CT molecular complexity index is 1000. The van der Waals surface area contributed by atoms with E-state index in [0.29, 0.717) is 12.1 Å². The Balaban J connectivity index is 1.10. The summed E-state index contributed by atoms with van der Waals surface area (Å²) in [5.74, 6) is 2.58. The Kier molecular flexibility index (Phi) is 8.61. The summed E-state index contributed by atoms with van der Waals surface area (Å²) in [5.41, 5.74) is 0.792. The van der Waals surface area contributed by atoms with Gasteiger partial charge in [-0.15, -0.1) is 0 Å². The Morgan fingerprint density at radius 1 is 0.919 bits per heavy atom. The van der Waals surface area contributed by atoms with Gasteiger partial charge in [-0.25, -0.2) is 9.78 Å². The molecule has 2 amide bonds. The van der Waals surface area contributed by atoms with Gasteiger partial charge in [0.15, 0.2) is 0 Å². The van der Waals surface area contributed by atoms with Crippen molar-refractivity contribution in [3.63, 3.8) is 0 Å². The first-order chi connectivity index (χ1) is 18.2. The number of hydrogen-bond acceptors (Lipinski definition) is 7. The lowest BCUT2D eigenvalue weighted by Crippen LogP contribution is -2.52. The van der Waals surface area contributed by atoms with E-state index in [-0.39, 0.29) is 6.03 Å². The molecule has 1 aromatic carbocycles. The molecule has 3 saturated heterocycles. The van der Waals surface area contributed by atoms with E-state index in [4.69, 9.17) is 9.72 Å². The maximum absolute atomic E-state index is 12.8. The molecule has 3 aliphatic rings. The van der Waals surface area contributed by atoms with Crippen LogP contribution in [0.2, 0.25) is 0 Å². The Morgan fingerprint density at radius 2 is 1.68 bits per heavy atom. The third-order valence-corrected chi connectivity index (χ3v) is 7.97. The number of urea groups is 1. The second-order valence-electron chi connectivity index (χ2n) is 10.5. The third-order valence-electron chi connectivity index (χ3n) is 7.97. The number of carbonyl (C=O) groups excluding carboxylic acids is 1. The van der Waals surface area contributed by atoms with Crippen LogP contribution in [0.15, 0.2) is 36.5 Å². The van der Waals surface area contributed by atoms with Crippen LogP contribution in [0.4, 0.5) is 22.2 Å². The van der Waals surface area contributed by atoms with E-state index in [1.54, 1.807) is 7.11 Å². The van der Waals surface area contributed by atoms with Gasteiger partial charge in [-0.1, -0.05) is 12.8 Å². The summed E-state index contributed by atoms with van der Waals surface area (Å²) in [5, 5.41) is 6.65. The molecular weight excluding hydrogens is 466 g/mol. The lowest BCUT2D eigenvalue weighted by molar-refractivity contribution is 0.0997. The summed E-state index contributed by atoms with van der Waals surface area (Å²) < 4.78 is 5.19. The van der Waals surface area contributed by atoms with Crippen molar-refractivity contribution in [2.24, 2.45) is 0 Å². The number of carbonyl (C=O) groups is 1. The first kappa shape index (κ1) is 25.6. The third kappa shape index (κ3) is 6.83. The van der Waals surface area contributed by atoms with Gasteiger partial charge in [0.2, 0.25) is 5.95 Å². The Labute approximate surface area is 220 Å². The smallest absolute Gasteiger partial charge is 0.321 e. The summed E-state index contributed by atoms with van der Waals surface area (Å²) in [7, 11) is 1.64. The van der Waals surface area contributed by atoms with Gasteiger partial charge < -0.3 is 25.2 Å². The Morgan fingerprint density at radius 3 is 2.41 bits per heavy atom. The van der Waals surface area contributed by atoms with Crippen LogP contribution in [-0.2, 0) is 0 Å². The van der Waals surface area contributed by atoms with Crippen molar-refractivity contribution < 1.29 is 9.53 Å². The average Bonchev–Trinajstić information content (AvgIpc) is 3.24. The minimum absolute atomic E-state index is 0.0248. The molecule has 1 atom stereocenters. The van der Waals surface area contributed by atoms with Crippen molar-refractivity contribution in [1.82, 2.24) is 19.8 Å². The van der Waals surface area contributed by atoms with Gasteiger partial charge in [0.1, 0.15) is 11.6 Å². The van der Waals surface area contributed by atoms with Crippen molar-refractivity contribution in [2.75, 3.05) is 61.9 Å². The Hall–Kier alpha value is -3.07. The van der Waals surface area contributed by atoms with E-state index in [9.17, 15) is 4.79 Å². The summed E-state index contributed by atoms with van der Waals surface area (Å²) in [6.45, 7) is 5.86. The fraction of sp³-hybridized carbons (Fsp3) is 0.607. The van der Waals surface area contributed by atoms with E-state index in [1.807, 2.05) is 41.4 Å². The molecule has 9 nitrogen and oxygen atoms in total. The molecule has 200 valence electrons. The zero-order valence-corrected chi connectivity index (χ0v) is 22.1. The van der Waals surface area contributed by atoms with Crippen molar-refractivity contribution >= 4 is 23.5 Å². The molecule has 37 heavy (non-hydrogen) atoms. The number of likely N-dealkylation sites (tertiary alicyclic amines) is 2. The average molecular weight is 508 g/mol. The zero-order chi connectivity index (χ0) is 25.5. The molecule has 9 heteroatoms. The van der Waals surface area contributed by atoms with Gasteiger partial charge in [0, 0.05) is 56.7 Å². The molecule has 1 unspecified atom stereocenters. The van der Waals surface area contributed by atoms with Gasteiger partial charge in [0.25, 0.3) is 0 Å². The predicted octanol–water partition coefficient (Wildman–Crippen LogP) is 4.44. The molecule has 3 fully saturated rings. The fourth-order valence-corrected chi connectivity index (χ4v) is 5.84. The van der Waals surface area contributed by atoms with Gasteiger partial charge >= 0.3 is 6.03 Å². The van der Waals surface area contributed by atoms with Crippen LogP contribution < -0.4 is 20.3 Å². The van der Waals surface area contributed by atoms with Crippen LogP contribution in [0.1, 0.15) is 51.4 Å². The van der Waals surface area contributed by atoms with Crippen molar-refractivity contribution in [3.05, 3.63) is 36.5 Å². The standard InChI is InChI=1S/C28H41N7O2/c1-37-25-10-8-22(9-11-25)31-28(36)34-19-13-24(14-20-34)35-18-6-7-23(21-35)30-27-29-15-12-26(32-27)33-16-4-2-3-5-17-33/h8-12,15,23-24H,2-7,13-14,16-21H2,1H3,(H,31,36)(H,29,30,32). The van der Waals surface area contributed by atoms with Gasteiger partial charge in [-0.3, -0.25) is 4.90 Å². The second-order valence-corrected chi connectivity index (χ2v) is 10.5. The SMILES string of the molecule is COc1ccc(NC(=O)N2CCC(N3CCCC(Nc4nccc(N5CCCCCC5)n4)C3)CC2)cc1. The molecule has 0 radical (unpaired) electrons. The van der Waals surface area contributed by atoms with Crippen LogP contribution in [-0.4, -0.2) is 84.3 Å². The number of ether oxygens (including phenoxy) is 1. The summed E-state index contributed by atoms with van der Waals surface area (Å²) >= 11 is 0. The first-order valence-electron chi connectivity index (χ1n) is 14.0. The molecule has 3 aliphatic heterocycles. The second kappa shape index (κ2) is 12.4. The topological polar surface area (TPSA) is 85.9 Å². The number of aromatic nitrogens is 2. The zero-order valence-electron chi connectivity index (χ0n) is 22.1. The normalized spacial score (nSPS) is 21.8. The highest BCUT2D eigenvalue weighted by Crippen LogP contribution is 2.24. The van der Waals surface area contributed by atoms with E-state index in [1.165, 1.54) is 32.1 Å². The maximum atomic E-state index is 12.8. The van der Waals surface area contributed by atoms with Crippen LogP contribution in [0, 0.1) is 0 Å². The van der Waals surface area contributed by atoms with Gasteiger partial charge in [-0.05, 0) is 75.4 Å². The number of methoxy groups -OCH3 is 1. The molecule has 0 bridgehead atoms. The number of hydrogen-bond donors (Lipinski definition) is 2. The molecule has 2 aromatic rings. The number of piperidine rings is 2. The number of nitrogens with zero attached hydrogens (tertiary/aromatic N) is 5. The van der Waals surface area contributed by atoms with Crippen molar-refractivity contribution in [2.45, 2.75) is 63.5 Å². The number of amides is 2. The molecule has 2 N–H and O–H groups in total. The lowest BCUT2D eigenvalue weighted by atomic mass is 9.98. The number of rotatable bonds is 6. The first-order valence-corrected chi connectivity index (χ1v) is 14.0. The maximum Gasteiger partial charge on any atom is 0.321 e. The van der Waals surface area contributed by atoms with Crippen molar-refractivity contribution in [1.29, 1.82) is 0 Å². The number of anilines is 3. The molecular formula is C28H41N7O2. The highest BCUT2D eigenvalue weighted by atomic mass is 16.5. The van der Waals surface area contributed by atoms with Crippen LogP contribution in [0.5, 0.6) is 5.75 Å². The highest BCUT2D eigenvalue weighted by molar-refractivity contribution is 5.89. The van der Waals surface area contributed by atoms with Gasteiger partial charge in [0.05, 0.1) is 7.11 Å². The molecule has 1 aromatic heterocycles. The molecule has 4 heterocycles. The minimum Gasteiger partial charge on any atom is -0.497 e. The van der Waals surface area contributed by atoms with E-state index >= 15 is 0 Å². The number of benzene rings is 1. The lowest BCUT2D eigenvalue weighted by Gasteiger charge is -2.42. The molecule has 5 rings (SSSR count). The van der Waals surface area contributed by atoms with Gasteiger partial charge in [-0.2, -0.15) is 4.98 Å². The van der Waals surface area contributed by atoms with E-state index < -0.39 is 0 Å². The molecule has 0 aliphatic carbocycles. The van der Waals surface area contributed by atoms with Crippen LogP contribution >= 0.6 is 0 Å². The van der Waals surface area contributed by atoms with Crippen molar-refractivity contribution in [3.8, 4) is 5.75 Å². The summed E-state index contributed by atoms with van der Waals surface area (Å²) in [6.07, 6.45) is 11.3. The molecule has 0 spiro atoms. The number of nitrogens with one attached hydrogen (secondary N) is 2.